The summed E-state index contributed by atoms with van der Waals surface area (Å²) in [6, 6.07) is 7.81. The Balaban J connectivity index is 1.94. The summed E-state index contributed by atoms with van der Waals surface area (Å²) in [4.78, 5) is 17.3. The molecule has 2 aromatic heterocycles. The fourth-order valence-electron chi connectivity index (χ4n) is 2.78. The van der Waals surface area contributed by atoms with Crippen molar-refractivity contribution in [3.05, 3.63) is 59.5 Å². The summed E-state index contributed by atoms with van der Waals surface area (Å²) in [7, 11) is 0. The number of imidazole rings is 1. The van der Waals surface area contributed by atoms with Crippen LogP contribution in [0.2, 0.25) is 0 Å². The lowest BCUT2D eigenvalue weighted by molar-refractivity contribution is -0.137. The number of aromatic nitrogens is 2. The predicted octanol–water partition coefficient (Wildman–Crippen LogP) is 4.57. The molecule has 3 rings (SSSR count). The highest BCUT2D eigenvalue weighted by Crippen LogP contribution is 2.30. The second-order valence-electron chi connectivity index (χ2n) is 5.79. The van der Waals surface area contributed by atoms with E-state index in [-0.39, 0.29) is 5.69 Å². The maximum atomic E-state index is 12.8. The van der Waals surface area contributed by atoms with E-state index < -0.39 is 17.6 Å². The minimum Gasteiger partial charge on any atom is -0.490 e. The molecule has 142 valence electrons. The summed E-state index contributed by atoms with van der Waals surface area (Å²) in [5.41, 5.74) is 0.922. The molecule has 0 saturated heterocycles. The van der Waals surface area contributed by atoms with Gasteiger partial charge in [-0.05, 0) is 49.7 Å². The van der Waals surface area contributed by atoms with E-state index in [0.717, 1.165) is 12.1 Å². The van der Waals surface area contributed by atoms with Gasteiger partial charge in [-0.15, -0.1) is 0 Å². The van der Waals surface area contributed by atoms with Crippen LogP contribution in [0.4, 0.5) is 18.9 Å². The van der Waals surface area contributed by atoms with E-state index in [4.69, 9.17) is 4.74 Å². The number of halogens is 3. The second kappa shape index (κ2) is 7.30. The number of hydrogen-bond donors (Lipinski definition) is 1. The molecule has 1 aromatic carbocycles. The zero-order valence-corrected chi connectivity index (χ0v) is 14.8. The van der Waals surface area contributed by atoms with Crippen molar-refractivity contribution < 1.29 is 22.7 Å². The maximum absolute atomic E-state index is 12.8. The topological polar surface area (TPSA) is 55.6 Å². The molecule has 27 heavy (non-hydrogen) atoms. The van der Waals surface area contributed by atoms with Crippen LogP contribution in [0.15, 0.2) is 42.6 Å². The molecule has 0 bridgehead atoms. The maximum Gasteiger partial charge on any atom is 0.416 e. The Kier molecular flexibility index (Phi) is 5.07. The molecule has 0 radical (unpaired) electrons. The molecule has 0 saturated carbocycles. The Labute approximate surface area is 153 Å². The van der Waals surface area contributed by atoms with E-state index in [1.807, 2.05) is 13.8 Å². The van der Waals surface area contributed by atoms with Crippen molar-refractivity contribution in [2.24, 2.45) is 0 Å². The molecule has 1 amide bonds. The van der Waals surface area contributed by atoms with Gasteiger partial charge in [0.25, 0.3) is 5.91 Å². The van der Waals surface area contributed by atoms with Gasteiger partial charge in [-0.25, -0.2) is 4.98 Å². The monoisotopic (exact) mass is 377 g/mol. The normalized spacial score (nSPS) is 11.6. The summed E-state index contributed by atoms with van der Waals surface area (Å²) >= 11 is 0. The van der Waals surface area contributed by atoms with Gasteiger partial charge in [-0.2, -0.15) is 13.2 Å². The number of nitrogens with one attached hydrogen (secondary N) is 1. The lowest BCUT2D eigenvalue weighted by Gasteiger charge is -2.10. The molecule has 0 aliphatic carbocycles. The summed E-state index contributed by atoms with van der Waals surface area (Å²) < 4.78 is 45.2. The third kappa shape index (κ3) is 3.74. The van der Waals surface area contributed by atoms with Crippen LogP contribution in [0.3, 0.4) is 0 Å². The van der Waals surface area contributed by atoms with Crippen LogP contribution in [0.25, 0.3) is 5.65 Å². The molecule has 0 unspecified atom stereocenters. The Hall–Kier alpha value is -3.03. The van der Waals surface area contributed by atoms with Gasteiger partial charge in [-0.1, -0.05) is 6.92 Å². The first kappa shape index (κ1) is 18.8. The van der Waals surface area contributed by atoms with Gasteiger partial charge < -0.3 is 10.1 Å². The zero-order valence-electron chi connectivity index (χ0n) is 14.8. The number of hydrogen-bond acceptors (Lipinski definition) is 3. The lowest BCUT2D eigenvalue weighted by atomic mass is 10.2. The number of carbonyl (C=O) groups excluding carboxylic acids is 1. The van der Waals surface area contributed by atoms with Gasteiger partial charge in [0.05, 0.1) is 17.9 Å². The number of fused-ring (bicyclic) bond motifs is 1. The summed E-state index contributed by atoms with van der Waals surface area (Å²) in [5.74, 6) is 0.107. The van der Waals surface area contributed by atoms with E-state index in [2.05, 4.69) is 10.3 Å². The molecule has 3 aromatic rings. The molecule has 5 nitrogen and oxygen atoms in total. The molecule has 0 fully saturated rings. The van der Waals surface area contributed by atoms with Gasteiger partial charge >= 0.3 is 6.18 Å². The minimum absolute atomic E-state index is 0.269. The van der Waals surface area contributed by atoms with Gasteiger partial charge in [0.1, 0.15) is 5.69 Å². The van der Waals surface area contributed by atoms with Crippen molar-refractivity contribution in [2.45, 2.75) is 26.4 Å². The number of anilines is 1. The number of carbonyl (C=O) groups is 1. The second-order valence-corrected chi connectivity index (χ2v) is 5.79. The predicted molar refractivity (Wildman–Crippen MR) is 95.1 cm³/mol. The summed E-state index contributed by atoms with van der Waals surface area (Å²) in [6.45, 7) is 4.18. The minimum atomic E-state index is -4.42. The van der Waals surface area contributed by atoms with Crippen molar-refractivity contribution >= 4 is 17.2 Å². The number of ether oxygens (including phenoxy) is 1. The number of alkyl halides is 3. The molecule has 0 atom stereocenters. The van der Waals surface area contributed by atoms with Gasteiger partial charge in [0.2, 0.25) is 0 Å². The molecule has 0 spiro atoms. The Bertz CT molecular complexity index is 963. The molecular weight excluding hydrogens is 359 g/mol. The van der Waals surface area contributed by atoms with Crippen LogP contribution in [0, 0.1) is 0 Å². The van der Waals surface area contributed by atoms with Crippen LogP contribution in [-0.4, -0.2) is 21.9 Å². The van der Waals surface area contributed by atoms with E-state index in [0.29, 0.717) is 35.8 Å². The molecule has 1 N–H and O–H groups in total. The van der Waals surface area contributed by atoms with Gasteiger partial charge in [-0.3, -0.25) is 9.20 Å². The molecule has 2 heterocycles. The van der Waals surface area contributed by atoms with Crippen LogP contribution < -0.4 is 10.1 Å². The zero-order chi connectivity index (χ0) is 19.6. The van der Waals surface area contributed by atoms with Crippen LogP contribution in [0.5, 0.6) is 5.75 Å². The van der Waals surface area contributed by atoms with Crippen molar-refractivity contribution in [1.82, 2.24) is 9.38 Å². The molecular formula is C19H18F3N3O2. The highest BCUT2D eigenvalue weighted by Gasteiger charge is 2.30. The van der Waals surface area contributed by atoms with Crippen LogP contribution >= 0.6 is 0 Å². The third-order valence-corrected chi connectivity index (χ3v) is 4.01. The smallest absolute Gasteiger partial charge is 0.416 e. The highest BCUT2D eigenvalue weighted by molar-refractivity contribution is 6.04. The SMILES string of the molecule is CCOc1cccn2c(C(=O)Nc3ccc(C(F)(F)F)cc3)c(CC)nc12. The first-order valence-corrected chi connectivity index (χ1v) is 8.46. The number of nitrogens with zero attached hydrogens (tertiary/aromatic N) is 2. The van der Waals surface area contributed by atoms with Crippen molar-refractivity contribution in [3.63, 3.8) is 0 Å². The third-order valence-electron chi connectivity index (χ3n) is 4.01. The lowest BCUT2D eigenvalue weighted by Crippen LogP contribution is -2.16. The van der Waals surface area contributed by atoms with E-state index in [1.54, 1.807) is 22.7 Å². The van der Waals surface area contributed by atoms with Gasteiger partial charge in [0.15, 0.2) is 11.4 Å². The Morgan fingerprint density at radius 3 is 2.48 bits per heavy atom. The van der Waals surface area contributed by atoms with Crippen molar-refractivity contribution in [3.8, 4) is 5.75 Å². The summed E-state index contributed by atoms with van der Waals surface area (Å²) in [5, 5.41) is 2.63. The molecule has 0 aliphatic rings. The fourth-order valence-corrected chi connectivity index (χ4v) is 2.78. The average molecular weight is 377 g/mol. The molecule has 0 aliphatic heterocycles. The fraction of sp³-hybridized carbons (Fsp3) is 0.263. The highest BCUT2D eigenvalue weighted by atomic mass is 19.4. The summed E-state index contributed by atoms with van der Waals surface area (Å²) in [6.07, 6.45) is -2.20. The first-order chi connectivity index (χ1) is 12.8. The standard InChI is InChI=1S/C19H18F3N3O2/c1-3-14-16(25-11-5-6-15(27-4-2)17(25)24-14)18(26)23-13-9-7-12(8-10-13)19(20,21)22/h5-11H,3-4H2,1-2H3,(H,23,26). The average Bonchev–Trinajstić information content (AvgIpc) is 3.01. The van der Waals surface area contributed by atoms with Crippen LogP contribution in [0.1, 0.15) is 35.6 Å². The number of aryl methyl sites for hydroxylation is 1. The van der Waals surface area contributed by atoms with Crippen LogP contribution in [-0.2, 0) is 12.6 Å². The van der Waals surface area contributed by atoms with Gasteiger partial charge in [0, 0.05) is 11.9 Å². The van der Waals surface area contributed by atoms with Crippen molar-refractivity contribution in [1.29, 1.82) is 0 Å². The number of benzene rings is 1. The number of rotatable bonds is 5. The van der Waals surface area contributed by atoms with E-state index >= 15 is 0 Å². The van der Waals surface area contributed by atoms with E-state index in [9.17, 15) is 18.0 Å². The quantitative estimate of drug-likeness (QED) is 0.709. The first-order valence-electron chi connectivity index (χ1n) is 8.46. The van der Waals surface area contributed by atoms with Crippen molar-refractivity contribution in [2.75, 3.05) is 11.9 Å². The Morgan fingerprint density at radius 1 is 1.19 bits per heavy atom. The van der Waals surface area contributed by atoms with E-state index in [1.165, 1.54) is 12.1 Å². The largest absolute Gasteiger partial charge is 0.490 e. The molecule has 8 heteroatoms. The Morgan fingerprint density at radius 2 is 1.89 bits per heavy atom. The number of amides is 1. The number of pyridine rings is 1.